The van der Waals surface area contributed by atoms with Crippen molar-refractivity contribution in [3.05, 3.63) is 66.2 Å². The number of hydrogen-bond acceptors (Lipinski definition) is 4. The van der Waals surface area contributed by atoms with Crippen molar-refractivity contribution in [3.8, 4) is 0 Å². The van der Waals surface area contributed by atoms with Crippen LogP contribution in [0, 0.1) is 0 Å². The Balaban J connectivity index is 1.65. The van der Waals surface area contributed by atoms with Crippen LogP contribution in [0.5, 0.6) is 0 Å². The van der Waals surface area contributed by atoms with Gasteiger partial charge in [0.15, 0.2) is 0 Å². The molecule has 0 radical (unpaired) electrons. The van der Waals surface area contributed by atoms with Crippen LogP contribution in [0.1, 0.15) is 12.0 Å². The summed E-state index contributed by atoms with van der Waals surface area (Å²) in [5.74, 6) is -0.136. The monoisotopic (exact) mass is 410 g/mol. The third-order valence-electron chi connectivity index (χ3n) is 5.06. The van der Waals surface area contributed by atoms with Crippen molar-refractivity contribution in [2.75, 3.05) is 29.9 Å². The summed E-state index contributed by atoms with van der Waals surface area (Å²) in [7, 11) is -2.27. The van der Waals surface area contributed by atoms with Gasteiger partial charge in [-0.1, -0.05) is 36.4 Å². The number of methoxy groups -OCH3 is 1. The quantitative estimate of drug-likeness (QED) is 0.698. The number of carbonyl (C=O) groups excluding carboxylic acids is 1. The summed E-state index contributed by atoms with van der Waals surface area (Å²) in [5.41, 5.74) is 2.18. The lowest BCUT2D eigenvalue weighted by Crippen LogP contribution is -2.37. The third kappa shape index (κ3) is 3.97. The molecule has 4 rings (SSSR count). The van der Waals surface area contributed by atoms with Gasteiger partial charge in [0.25, 0.3) is 15.9 Å². The zero-order chi connectivity index (χ0) is 20.4. The number of nitrogens with one attached hydrogen (secondary N) is 1. The first-order valence-electron chi connectivity index (χ1n) is 9.42. The number of benzene rings is 3. The standard InChI is InChI=1S/C22H22N2O4S/c1-28-15-22(25)24-12-4-7-17-8-10-19(14-21(17)24)23-29(26,27)20-11-9-16-5-2-3-6-18(16)13-20/h2-3,5-6,8-11,13-14,23H,4,7,12,15H2,1H3. The maximum Gasteiger partial charge on any atom is 0.261 e. The molecule has 0 bridgehead atoms. The molecule has 1 N–H and O–H groups in total. The van der Waals surface area contributed by atoms with Crippen LogP contribution in [0.15, 0.2) is 65.6 Å². The van der Waals surface area contributed by atoms with Crippen molar-refractivity contribution < 1.29 is 17.9 Å². The number of carbonyl (C=O) groups is 1. The number of fused-ring (bicyclic) bond motifs is 2. The number of hydrogen-bond donors (Lipinski definition) is 1. The summed E-state index contributed by atoms with van der Waals surface area (Å²) < 4.78 is 33.5. The molecule has 0 saturated heterocycles. The summed E-state index contributed by atoms with van der Waals surface area (Å²) in [6, 6.07) is 18.0. The Morgan fingerprint density at radius 2 is 1.86 bits per heavy atom. The number of nitrogens with zero attached hydrogens (tertiary/aromatic N) is 1. The highest BCUT2D eigenvalue weighted by atomic mass is 32.2. The first-order valence-corrected chi connectivity index (χ1v) is 10.9. The normalized spacial score (nSPS) is 13.9. The Kier molecular flexibility index (Phi) is 5.25. The topological polar surface area (TPSA) is 75.7 Å². The predicted octanol–water partition coefficient (Wildman–Crippen LogP) is 3.57. The van der Waals surface area contributed by atoms with E-state index in [4.69, 9.17) is 4.74 Å². The van der Waals surface area contributed by atoms with Gasteiger partial charge in [0.2, 0.25) is 0 Å². The molecule has 1 amide bonds. The molecule has 150 valence electrons. The lowest BCUT2D eigenvalue weighted by atomic mass is 10.0. The minimum Gasteiger partial charge on any atom is -0.375 e. The fourth-order valence-electron chi connectivity index (χ4n) is 3.65. The van der Waals surface area contributed by atoms with Crippen LogP contribution >= 0.6 is 0 Å². The second-order valence-electron chi connectivity index (χ2n) is 7.04. The Hall–Kier alpha value is -2.90. The van der Waals surface area contributed by atoms with Crippen LogP contribution in [0.25, 0.3) is 10.8 Å². The highest BCUT2D eigenvalue weighted by molar-refractivity contribution is 7.92. The van der Waals surface area contributed by atoms with Crippen molar-refractivity contribution in [2.45, 2.75) is 17.7 Å². The minimum atomic E-state index is -3.76. The van der Waals surface area contributed by atoms with Crippen LogP contribution in [-0.2, 0) is 26.0 Å². The Labute approximate surface area is 170 Å². The van der Waals surface area contributed by atoms with Gasteiger partial charge < -0.3 is 9.64 Å². The molecule has 0 fully saturated rings. The van der Waals surface area contributed by atoms with Gasteiger partial charge >= 0.3 is 0 Å². The molecule has 0 unspecified atom stereocenters. The van der Waals surface area contributed by atoms with Crippen LogP contribution < -0.4 is 9.62 Å². The van der Waals surface area contributed by atoms with Gasteiger partial charge in [0.05, 0.1) is 10.6 Å². The van der Waals surface area contributed by atoms with E-state index in [1.165, 1.54) is 7.11 Å². The third-order valence-corrected chi connectivity index (χ3v) is 6.44. The summed E-state index contributed by atoms with van der Waals surface area (Å²) in [6.45, 7) is 0.586. The zero-order valence-corrected chi connectivity index (χ0v) is 16.9. The van der Waals surface area contributed by atoms with Gasteiger partial charge in [0.1, 0.15) is 6.61 Å². The molecule has 0 aliphatic carbocycles. The molecule has 1 aliphatic heterocycles. The molecule has 0 spiro atoms. The molecule has 29 heavy (non-hydrogen) atoms. The molecule has 6 nitrogen and oxygen atoms in total. The molecule has 0 atom stereocenters. The fourth-order valence-corrected chi connectivity index (χ4v) is 4.73. The van der Waals surface area contributed by atoms with Gasteiger partial charge in [-0.3, -0.25) is 9.52 Å². The van der Waals surface area contributed by atoms with E-state index in [1.54, 1.807) is 35.2 Å². The van der Waals surface area contributed by atoms with Gasteiger partial charge in [0, 0.05) is 19.3 Å². The second kappa shape index (κ2) is 7.85. The molecular formula is C22H22N2O4S. The molecule has 7 heteroatoms. The van der Waals surface area contributed by atoms with E-state index in [1.807, 2.05) is 30.3 Å². The average molecular weight is 410 g/mol. The number of rotatable bonds is 5. The predicted molar refractivity (Wildman–Crippen MR) is 114 cm³/mol. The molecule has 0 aromatic heterocycles. The van der Waals surface area contributed by atoms with Crippen molar-refractivity contribution >= 4 is 38.1 Å². The van der Waals surface area contributed by atoms with E-state index >= 15 is 0 Å². The van der Waals surface area contributed by atoms with Crippen molar-refractivity contribution in [3.63, 3.8) is 0 Å². The first kappa shape index (κ1) is 19.4. The molecule has 3 aromatic rings. The van der Waals surface area contributed by atoms with Crippen LogP contribution in [-0.4, -0.2) is 34.6 Å². The summed E-state index contributed by atoms with van der Waals surface area (Å²) in [5, 5.41) is 1.84. The summed E-state index contributed by atoms with van der Waals surface area (Å²) >= 11 is 0. The number of sulfonamides is 1. The van der Waals surface area contributed by atoms with E-state index in [-0.39, 0.29) is 17.4 Å². The molecule has 0 saturated carbocycles. The van der Waals surface area contributed by atoms with Crippen molar-refractivity contribution in [2.24, 2.45) is 0 Å². The molecule has 1 heterocycles. The van der Waals surface area contributed by atoms with Gasteiger partial charge in [-0.05, 0) is 53.4 Å². The Morgan fingerprint density at radius 1 is 1.07 bits per heavy atom. The van der Waals surface area contributed by atoms with E-state index in [0.29, 0.717) is 12.2 Å². The summed E-state index contributed by atoms with van der Waals surface area (Å²) in [6.07, 6.45) is 1.72. The lowest BCUT2D eigenvalue weighted by Gasteiger charge is -2.30. The van der Waals surface area contributed by atoms with Crippen LogP contribution in [0.3, 0.4) is 0 Å². The Bertz CT molecular complexity index is 1170. The number of amides is 1. The van der Waals surface area contributed by atoms with Gasteiger partial charge in [-0.2, -0.15) is 0 Å². The van der Waals surface area contributed by atoms with E-state index in [2.05, 4.69) is 4.72 Å². The minimum absolute atomic E-state index is 0.00746. The maximum absolute atomic E-state index is 12.9. The maximum atomic E-state index is 12.9. The molecule has 1 aliphatic rings. The SMILES string of the molecule is COCC(=O)N1CCCc2ccc(NS(=O)(=O)c3ccc4ccccc4c3)cc21. The Morgan fingerprint density at radius 3 is 2.66 bits per heavy atom. The average Bonchev–Trinajstić information content (AvgIpc) is 2.72. The van der Waals surface area contributed by atoms with Crippen molar-refractivity contribution in [1.29, 1.82) is 0 Å². The number of aryl methyl sites for hydroxylation is 1. The first-order chi connectivity index (χ1) is 14.0. The van der Waals surface area contributed by atoms with Crippen molar-refractivity contribution in [1.82, 2.24) is 0 Å². The lowest BCUT2D eigenvalue weighted by molar-refractivity contribution is -0.122. The van der Waals surface area contributed by atoms with Crippen LogP contribution in [0.4, 0.5) is 11.4 Å². The highest BCUT2D eigenvalue weighted by Gasteiger charge is 2.23. The van der Waals surface area contributed by atoms with E-state index < -0.39 is 10.0 Å². The molecule has 3 aromatic carbocycles. The summed E-state index contributed by atoms with van der Waals surface area (Å²) in [4.78, 5) is 14.2. The van der Waals surface area contributed by atoms with E-state index in [9.17, 15) is 13.2 Å². The van der Waals surface area contributed by atoms with Gasteiger partial charge in [-0.15, -0.1) is 0 Å². The van der Waals surface area contributed by atoms with E-state index in [0.717, 1.165) is 34.9 Å². The van der Waals surface area contributed by atoms with Gasteiger partial charge in [-0.25, -0.2) is 8.42 Å². The zero-order valence-electron chi connectivity index (χ0n) is 16.1. The second-order valence-corrected chi connectivity index (χ2v) is 8.72. The largest absolute Gasteiger partial charge is 0.375 e. The molecular weight excluding hydrogens is 388 g/mol. The van der Waals surface area contributed by atoms with Crippen LogP contribution in [0.2, 0.25) is 0 Å². The number of anilines is 2. The highest BCUT2D eigenvalue weighted by Crippen LogP contribution is 2.31. The fraction of sp³-hybridized carbons (Fsp3) is 0.227. The smallest absolute Gasteiger partial charge is 0.261 e. The number of ether oxygens (including phenoxy) is 1.